The van der Waals surface area contributed by atoms with Crippen LogP contribution in [-0.2, 0) is 0 Å². The minimum atomic E-state index is -4.04. The maximum Gasteiger partial charge on any atom is 0.390 e. The molecule has 0 aliphatic carbocycles. The van der Waals surface area contributed by atoms with Gasteiger partial charge in [-0.3, -0.25) is 0 Å². The molecule has 5 heteroatoms. The van der Waals surface area contributed by atoms with Crippen LogP contribution >= 0.6 is 11.6 Å². The molecular weight excluding hydrogens is 191 g/mol. The molecule has 1 saturated heterocycles. The summed E-state index contributed by atoms with van der Waals surface area (Å²) in [5, 5.41) is 0.0400. The van der Waals surface area contributed by atoms with Crippen LogP contribution in [0.5, 0.6) is 0 Å². The van der Waals surface area contributed by atoms with Gasteiger partial charge in [0.1, 0.15) is 0 Å². The van der Waals surface area contributed by atoms with Crippen LogP contribution in [-0.4, -0.2) is 36.1 Å². The van der Waals surface area contributed by atoms with Gasteiger partial charge in [0.2, 0.25) is 0 Å². The number of alkyl halides is 4. The maximum atomic E-state index is 11.7. The second-order valence-corrected chi connectivity index (χ2v) is 3.67. The molecule has 0 N–H and O–H groups in total. The van der Waals surface area contributed by atoms with Gasteiger partial charge in [0.15, 0.2) is 0 Å². The lowest BCUT2D eigenvalue weighted by atomic mass is 10.4. The normalized spacial score (nSPS) is 26.5. The van der Waals surface area contributed by atoms with Crippen molar-refractivity contribution in [2.45, 2.75) is 24.4 Å². The predicted molar refractivity (Wildman–Crippen MR) is 41.4 cm³/mol. The van der Waals surface area contributed by atoms with Crippen molar-refractivity contribution < 1.29 is 13.2 Å². The van der Waals surface area contributed by atoms with Gasteiger partial charge in [0, 0.05) is 18.5 Å². The molecule has 0 saturated carbocycles. The van der Waals surface area contributed by atoms with Crippen LogP contribution in [0.2, 0.25) is 0 Å². The summed E-state index contributed by atoms with van der Waals surface area (Å²) in [6, 6.07) is 0. The lowest BCUT2D eigenvalue weighted by Crippen LogP contribution is -2.26. The van der Waals surface area contributed by atoms with Gasteiger partial charge in [-0.05, 0) is 13.0 Å². The first kappa shape index (κ1) is 10.1. The highest BCUT2D eigenvalue weighted by Gasteiger charge is 2.29. The molecular formula is C7H11ClF3N. The first-order valence-electron chi connectivity index (χ1n) is 3.90. The Bertz CT molecular complexity index is 148. The molecule has 72 valence electrons. The van der Waals surface area contributed by atoms with Crippen molar-refractivity contribution in [2.75, 3.05) is 19.6 Å². The van der Waals surface area contributed by atoms with E-state index in [2.05, 4.69) is 0 Å². The molecule has 1 aliphatic heterocycles. The summed E-state index contributed by atoms with van der Waals surface area (Å²) in [4.78, 5) is 1.76. The number of halogens is 4. The average molecular weight is 202 g/mol. The summed E-state index contributed by atoms with van der Waals surface area (Å²) in [5.41, 5.74) is 0. The Hall–Kier alpha value is 0.0400. The summed E-state index contributed by atoms with van der Waals surface area (Å²) in [5.74, 6) is 0. The van der Waals surface area contributed by atoms with Crippen molar-refractivity contribution in [1.29, 1.82) is 0 Å². The Labute approximate surface area is 74.5 Å². The number of rotatable bonds is 2. The van der Waals surface area contributed by atoms with Crippen LogP contribution in [0.25, 0.3) is 0 Å². The van der Waals surface area contributed by atoms with Crippen LogP contribution in [0.4, 0.5) is 13.2 Å². The van der Waals surface area contributed by atoms with Crippen molar-refractivity contribution in [3.63, 3.8) is 0 Å². The number of nitrogens with zero attached hydrogens (tertiary/aromatic N) is 1. The van der Waals surface area contributed by atoms with Crippen LogP contribution in [0.1, 0.15) is 12.8 Å². The fourth-order valence-corrected chi connectivity index (χ4v) is 1.57. The molecule has 1 heterocycles. The van der Waals surface area contributed by atoms with E-state index in [0.717, 1.165) is 6.42 Å². The number of hydrogen-bond donors (Lipinski definition) is 0. The quantitative estimate of drug-likeness (QED) is 0.620. The zero-order valence-corrected chi connectivity index (χ0v) is 7.33. The maximum absolute atomic E-state index is 11.7. The first-order valence-corrected chi connectivity index (χ1v) is 4.34. The first-order chi connectivity index (χ1) is 5.47. The van der Waals surface area contributed by atoms with E-state index in [9.17, 15) is 13.2 Å². The third kappa shape index (κ3) is 3.63. The molecule has 1 atom stereocenters. The standard InChI is InChI=1S/C7H11ClF3N/c8-6-1-3-12(5-6)4-2-7(9,10)11/h6H,1-5H2. The molecule has 0 aromatic heterocycles. The molecule has 12 heavy (non-hydrogen) atoms. The van der Waals surface area contributed by atoms with Crippen LogP contribution < -0.4 is 0 Å². The Morgan fingerprint density at radius 3 is 2.50 bits per heavy atom. The van der Waals surface area contributed by atoms with E-state index in [0.29, 0.717) is 13.1 Å². The monoisotopic (exact) mass is 201 g/mol. The third-order valence-electron chi connectivity index (χ3n) is 1.93. The molecule has 0 aromatic carbocycles. The van der Waals surface area contributed by atoms with E-state index in [4.69, 9.17) is 11.6 Å². The van der Waals surface area contributed by atoms with Crippen molar-refractivity contribution in [1.82, 2.24) is 4.90 Å². The molecule has 0 bridgehead atoms. The molecule has 1 unspecified atom stereocenters. The third-order valence-corrected chi connectivity index (χ3v) is 2.28. The largest absolute Gasteiger partial charge is 0.390 e. The Kier molecular flexibility index (Phi) is 3.23. The minimum Gasteiger partial charge on any atom is -0.301 e. The smallest absolute Gasteiger partial charge is 0.301 e. The van der Waals surface area contributed by atoms with Crippen molar-refractivity contribution in [3.8, 4) is 0 Å². The van der Waals surface area contributed by atoms with Crippen molar-refractivity contribution >= 4 is 11.6 Å². The summed E-state index contributed by atoms with van der Waals surface area (Å²) in [6.45, 7) is 1.38. The van der Waals surface area contributed by atoms with Gasteiger partial charge in [0.25, 0.3) is 0 Å². The number of hydrogen-bond acceptors (Lipinski definition) is 1. The average Bonchev–Trinajstić information content (AvgIpc) is 2.30. The molecule has 0 aromatic rings. The fraction of sp³-hybridized carbons (Fsp3) is 1.00. The highest BCUT2D eigenvalue weighted by Crippen LogP contribution is 2.22. The van der Waals surface area contributed by atoms with E-state index in [1.165, 1.54) is 0 Å². The van der Waals surface area contributed by atoms with Gasteiger partial charge in [-0.1, -0.05) is 0 Å². The molecule has 0 radical (unpaired) electrons. The Morgan fingerprint density at radius 1 is 1.42 bits per heavy atom. The van der Waals surface area contributed by atoms with Gasteiger partial charge in [0.05, 0.1) is 6.42 Å². The molecule has 0 amide bonds. The van der Waals surface area contributed by atoms with Gasteiger partial charge in [-0.25, -0.2) is 0 Å². The van der Waals surface area contributed by atoms with Crippen LogP contribution in [0.3, 0.4) is 0 Å². The van der Waals surface area contributed by atoms with Crippen LogP contribution in [0.15, 0.2) is 0 Å². The van der Waals surface area contributed by atoms with E-state index in [1.54, 1.807) is 4.90 Å². The number of likely N-dealkylation sites (tertiary alicyclic amines) is 1. The van der Waals surface area contributed by atoms with Crippen molar-refractivity contribution in [2.24, 2.45) is 0 Å². The summed E-state index contributed by atoms with van der Waals surface area (Å²) < 4.78 is 35.2. The predicted octanol–water partition coefficient (Wildman–Crippen LogP) is 2.25. The molecule has 1 fully saturated rings. The highest BCUT2D eigenvalue weighted by atomic mass is 35.5. The lowest BCUT2D eigenvalue weighted by Gasteiger charge is -2.15. The second kappa shape index (κ2) is 3.83. The van der Waals surface area contributed by atoms with Crippen molar-refractivity contribution in [3.05, 3.63) is 0 Å². The molecule has 1 aliphatic rings. The van der Waals surface area contributed by atoms with E-state index >= 15 is 0 Å². The zero-order valence-electron chi connectivity index (χ0n) is 6.57. The van der Waals surface area contributed by atoms with Crippen LogP contribution in [0, 0.1) is 0 Å². The minimum absolute atomic E-state index is 0.0400. The Morgan fingerprint density at radius 2 is 2.08 bits per heavy atom. The topological polar surface area (TPSA) is 3.24 Å². The fourth-order valence-electron chi connectivity index (χ4n) is 1.27. The summed E-state index contributed by atoms with van der Waals surface area (Å²) >= 11 is 5.73. The van der Waals surface area contributed by atoms with Gasteiger partial charge < -0.3 is 4.90 Å². The summed E-state index contributed by atoms with van der Waals surface area (Å²) in [7, 11) is 0. The molecule has 1 nitrogen and oxygen atoms in total. The van der Waals surface area contributed by atoms with Gasteiger partial charge >= 0.3 is 6.18 Å². The van der Waals surface area contributed by atoms with Gasteiger partial charge in [-0.15, -0.1) is 11.6 Å². The van der Waals surface area contributed by atoms with Gasteiger partial charge in [-0.2, -0.15) is 13.2 Å². The molecule has 1 rings (SSSR count). The second-order valence-electron chi connectivity index (χ2n) is 3.05. The lowest BCUT2D eigenvalue weighted by molar-refractivity contribution is -0.137. The Balaban J connectivity index is 2.16. The summed E-state index contributed by atoms with van der Waals surface area (Å²) in [6.07, 6.45) is -3.96. The van der Waals surface area contributed by atoms with E-state index in [-0.39, 0.29) is 11.9 Å². The SMILES string of the molecule is FC(F)(F)CCN1CCC(Cl)C1. The molecule has 0 spiro atoms. The van der Waals surface area contributed by atoms with E-state index < -0.39 is 12.6 Å². The zero-order chi connectivity index (χ0) is 9.19. The highest BCUT2D eigenvalue weighted by molar-refractivity contribution is 6.20. The van der Waals surface area contributed by atoms with E-state index in [1.807, 2.05) is 0 Å².